The fourth-order valence-corrected chi connectivity index (χ4v) is 1.47. The molecular weight excluding hydrogens is 437 g/mol. The van der Waals surface area contributed by atoms with Gasteiger partial charge >= 0.3 is 48.5 Å². The van der Waals surface area contributed by atoms with Gasteiger partial charge in [0, 0.05) is 6.54 Å². The summed E-state index contributed by atoms with van der Waals surface area (Å²) < 4.78 is 170. The summed E-state index contributed by atoms with van der Waals surface area (Å²) in [5, 5.41) is 1.51. The summed E-state index contributed by atoms with van der Waals surface area (Å²) in [4.78, 5) is 10.9. The number of carbonyl (C=O) groups excluding carboxylic acids is 1. The van der Waals surface area contributed by atoms with Crippen LogP contribution in [0.2, 0.25) is 0 Å². The summed E-state index contributed by atoms with van der Waals surface area (Å²) in [6.45, 7) is 1.18. The van der Waals surface area contributed by atoms with E-state index in [9.17, 15) is 61.9 Å². The van der Waals surface area contributed by atoms with Crippen LogP contribution in [0.15, 0.2) is 0 Å². The quantitative estimate of drug-likeness (QED) is 0.366. The molecule has 1 N–H and O–H groups in total. The van der Waals surface area contributed by atoms with Gasteiger partial charge in [0.1, 0.15) is 0 Å². The van der Waals surface area contributed by atoms with Crippen LogP contribution < -0.4 is 5.32 Å². The Balaban J connectivity index is 5.76. The summed E-state index contributed by atoms with van der Waals surface area (Å²) in [6.07, 6.45) is -12.4. The number of alkyl halides is 13. The summed E-state index contributed by atoms with van der Waals surface area (Å²) in [5.74, 6) is -37.5. The van der Waals surface area contributed by atoms with E-state index in [0.29, 0.717) is 6.42 Å². The molecule has 168 valence electrons. The third kappa shape index (κ3) is 4.34. The highest BCUT2D eigenvalue weighted by Gasteiger charge is 2.89. The van der Waals surface area contributed by atoms with E-state index in [4.69, 9.17) is 0 Å². The molecule has 28 heavy (non-hydrogen) atoms. The minimum atomic E-state index is -7.89. The standard InChI is InChI=1S/C12H12F13NO2/c1-2-3-4-26-7(27)28-6(15)9(18,19)11(22,23)12(24,25)10(20,21)8(16,17)5(13)14/h5-6H,2-4H2,1H3,(H,26,27). The van der Waals surface area contributed by atoms with Crippen molar-refractivity contribution in [2.45, 2.75) is 62.2 Å². The molecule has 0 aliphatic carbocycles. The average molecular weight is 449 g/mol. The first-order chi connectivity index (χ1) is 12.3. The molecule has 0 heterocycles. The maximum atomic E-state index is 13.3. The normalized spacial score (nSPS) is 15.5. The number of hydrogen-bond acceptors (Lipinski definition) is 2. The number of nitrogens with one attached hydrogen (secondary N) is 1. The Kier molecular flexibility index (Phi) is 7.90. The van der Waals surface area contributed by atoms with Crippen molar-refractivity contribution in [3.63, 3.8) is 0 Å². The first-order valence-electron chi connectivity index (χ1n) is 7.08. The van der Waals surface area contributed by atoms with E-state index in [1.165, 1.54) is 5.32 Å². The van der Waals surface area contributed by atoms with E-state index in [1.807, 2.05) is 0 Å². The third-order valence-electron chi connectivity index (χ3n) is 3.20. The van der Waals surface area contributed by atoms with E-state index in [2.05, 4.69) is 4.74 Å². The maximum absolute atomic E-state index is 13.3. The van der Waals surface area contributed by atoms with Crippen molar-refractivity contribution in [1.82, 2.24) is 5.32 Å². The van der Waals surface area contributed by atoms with Crippen molar-refractivity contribution in [1.29, 1.82) is 0 Å². The molecule has 0 aromatic carbocycles. The molecule has 0 fully saturated rings. The highest BCUT2D eigenvalue weighted by Crippen LogP contribution is 2.59. The maximum Gasteiger partial charge on any atom is 0.409 e. The molecule has 0 rings (SSSR count). The van der Waals surface area contributed by atoms with E-state index < -0.39 is 48.5 Å². The molecular formula is C12H12F13NO2. The first kappa shape index (κ1) is 26.4. The minimum Gasteiger partial charge on any atom is -0.408 e. The molecule has 0 bridgehead atoms. The number of ether oxygens (including phenoxy) is 1. The van der Waals surface area contributed by atoms with Gasteiger partial charge in [-0.3, -0.25) is 0 Å². The molecule has 0 aromatic heterocycles. The Morgan fingerprint density at radius 3 is 1.64 bits per heavy atom. The fraction of sp³-hybridized carbons (Fsp3) is 0.917. The van der Waals surface area contributed by atoms with Crippen LogP contribution in [0.1, 0.15) is 19.8 Å². The second kappa shape index (κ2) is 8.39. The molecule has 0 saturated carbocycles. The van der Waals surface area contributed by atoms with Crippen molar-refractivity contribution in [3.8, 4) is 0 Å². The van der Waals surface area contributed by atoms with Gasteiger partial charge in [-0.25, -0.2) is 13.6 Å². The van der Waals surface area contributed by atoms with Crippen molar-refractivity contribution in [2.75, 3.05) is 6.54 Å². The van der Waals surface area contributed by atoms with Crippen molar-refractivity contribution in [3.05, 3.63) is 0 Å². The zero-order chi connectivity index (χ0) is 22.8. The molecule has 16 heteroatoms. The second-order valence-electron chi connectivity index (χ2n) is 5.27. The van der Waals surface area contributed by atoms with Gasteiger partial charge in [-0.15, -0.1) is 0 Å². The van der Waals surface area contributed by atoms with E-state index >= 15 is 0 Å². The van der Waals surface area contributed by atoms with E-state index in [-0.39, 0.29) is 13.0 Å². The monoisotopic (exact) mass is 449 g/mol. The highest BCUT2D eigenvalue weighted by atomic mass is 19.4. The number of hydrogen-bond donors (Lipinski definition) is 1. The molecule has 0 spiro atoms. The van der Waals surface area contributed by atoms with Crippen molar-refractivity contribution < 1.29 is 66.6 Å². The summed E-state index contributed by atoms with van der Waals surface area (Å²) in [7, 11) is 0. The van der Waals surface area contributed by atoms with Crippen LogP contribution in [0.5, 0.6) is 0 Å². The summed E-state index contributed by atoms with van der Waals surface area (Å²) in [6, 6.07) is 0. The zero-order valence-electron chi connectivity index (χ0n) is 13.5. The van der Waals surface area contributed by atoms with Crippen LogP contribution >= 0.6 is 0 Å². The molecule has 1 atom stereocenters. The van der Waals surface area contributed by atoms with Crippen LogP contribution in [-0.4, -0.2) is 55.0 Å². The SMILES string of the molecule is CCCCNC(=O)OC(F)C(F)(F)C(F)(F)C(F)(F)C(F)(F)C(F)(F)C(F)F. The summed E-state index contributed by atoms with van der Waals surface area (Å²) >= 11 is 0. The number of amides is 1. The van der Waals surface area contributed by atoms with Crippen LogP contribution in [0.25, 0.3) is 0 Å². The van der Waals surface area contributed by atoms with Gasteiger partial charge in [-0.1, -0.05) is 13.3 Å². The number of carbonyl (C=O) groups is 1. The smallest absolute Gasteiger partial charge is 0.408 e. The van der Waals surface area contributed by atoms with Crippen LogP contribution in [0.3, 0.4) is 0 Å². The molecule has 0 aromatic rings. The van der Waals surface area contributed by atoms with E-state index in [1.54, 1.807) is 6.92 Å². The van der Waals surface area contributed by atoms with Gasteiger partial charge in [-0.2, -0.15) is 48.3 Å². The van der Waals surface area contributed by atoms with Gasteiger partial charge in [0.25, 0.3) is 0 Å². The fourth-order valence-electron chi connectivity index (χ4n) is 1.47. The largest absolute Gasteiger partial charge is 0.409 e. The van der Waals surface area contributed by atoms with Crippen molar-refractivity contribution in [2.24, 2.45) is 0 Å². The molecule has 0 radical (unpaired) electrons. The Morgan fingerprint density at radius 1 is 0.821 bits per heavy atom. The lowest BCUT2D eigenvalue weighted by molar-refractivity contribution is -0.424. The Labute approximate surface area is 148 Å². The number of halogens is 13. The van der Waals surface area contributed by atoms with Gasteiger partial charge in [0.2, 0.25) is 0 Å². The molecule has 3 nitrogen and oxygen atoms in total. The predicted molar refractivity (Wildman–Crippen MR) is 65.0 cm³/mol. The number of rotatable bonds is 10. The van der Waals surface area contributed by atoms with Gasteiger partial charge in [-0.05, 0) is 6.42 Å². The van der Waals surface area contributed by atoms with Crippen molar-refractivity contribution >= 4 is 6.09 Å². The molecule has 0 saturated heterocycles. The number of unbranched alkanes of at least 4 members (excludes halogenated alkanes) is 1. The summed E-state index contributed by atoms with van der Waals surface area (Å²) in [5.41, 5.74) is 0. The Hall–Kier alpha value is -1.64. The predicted octanol–water partition coefficient (Wildman–Crippen LogP) is 5.25. The highest BCUT2D eigenvalue weighted by molar-refractivity contribution is 5.67. The molecule has 1 unspecified atom stereocenters. The zero-order valence-corrected chi connectivity index (χ0v) is 13.5. The molecule has 0 aliphatic heterocycles. The minimum absolute atomic E-state index is 0.144. The van der Waals surface area contributed by atoms with Crippen LogP contribution in [0, 0.1) is 0 Å². The lowest BCUT2D eigenvalue weighted by Crippen LogP contribution is -2.70. The second-order valence-corrected chi connectivity index (χ2v) is 5.27. The topological polar surface area (TPSA) is 38.3 Å². The lowest BCUT2D eigenvalue weighted by atomic mass is 9.94. The molecule has 0 aliphatic rings. The van der Waals surface area contributed by atoms with Crippen LogP contribution in [-0.2, 0) is 4.74 Å². The average Bonchev–Trinajstić information content (AvgIpc) is 2.53. The lowest BCUT2D eigenvalue weighted by Gasteiger charge is -2.39. The Bertz CT molecular complexity index is 538. The Morgan fingerprint density at radius 2 is 1.25 bits per heavy atom. The van der Waals surface area contributed by atoms with Gasteiger partial charge in [0.05, 0.1) is 0 Å². The number of alkyl carbamates (subject to hydrolysis) is 1. The van der Waals surface area contributed by atoms with Crippen LogP contribution in [0.4, 0.5) is 61.9 Å². The first-order valence-corrected chi connectivity index (χ1v) is 7.08. The van der Waals surface area contributed by atoms with Gasteiger partial charge < -0.3 is 10.1 Å². The molecule has 1 amide bonds. The van der Waals surface area contributed by atoms with E-state index in [0.717, 1.165) is 0 Å². The van der Waals surface area contributed by atoms with Gasteiger partial charge in [0.15, 0.2) is 0 Å². The third-order valence-corrected chi connectivity index (χ3v) is 3.20.